The standard InChI is InChI=1S/C11H25N5/c1-4-6-7-9(5-2)8-15-11(13)16-10(12)14-3/h9H,4-8H2,1-3H3,(H5,12,13,14,15,16). The summed E-state index contributed by atoms with van der Waals surface area (Å²) in [5.74, 6) is 1.11. The van der Waals surface area contributed by atoms with Gasteiger partial charge >= 0.3 is 0 Å². The second kappa shape index (κ2) is 9.00. The maximum absolute atomic E-state index is 7.58. The van der Waals surface area contributed by atoms with E-state index in [1.54, 1.807) is 7.05 Å². The fourth-order valence-electron chi connectivity index (χ4n) is 1.42. The van der Waals surface area contributed by atoms with Gasteiger partial charge in [-0.3, -0.25) is 15.7 Å². The van der Waals surface area contributed by atoms with Crippen molar-refractivity contribution in [3.05, 3.63) is 0 Å². The first-order valence-corrected chi connectivity index (χ1v) is 5.95. The van der Waals surface area contributed by atoms with Crippen LogP contribution in [0.2, 0.25) is 0 Å². The van der Waals surface area contributed by atoms with Crippen molar-refractivity contribution < 1.29 is 0 Å². The van der Waals surface area contributed by atoms with Crippen molar-refractivity contribution in [3.63, 3.8) is 0 Å². The molecule has 0 amide bonds. The first kappa shape index (κ1) is 14.7. The molecule has 5 heteroatoms. The summed E-state index contributed by atoms with van der Waals surface area (Å²) >= 11 is 0. The van der Waals surface area contributed by atoms with E-state index in [1.165, 1.54) is 19.3 Å². The zero-order valence-corrected chi connectivity index (χ0v) is 10.6. The Balaban J connectivity index is 3.79. The molecule has 0 radical (unpaired) electrons. The Labute approximate surface area is 98.4 Å². The van der Waals surface area contributed by atoms with E-state index >= 15 is 0 Å². The molecule has 0 spiro atoms. The molecule has 94 valence electrons. The van der Waals surface area contributed by atoms with Crippen LogP contribution in [0.3, 0.4) is 0 Å². The molecule has 0 aliphatic carbocycles. The number of guanidine groups is 2. The van der Waals surface area contributed by atoms with Gasteiger partial charge in [-0.05, 0) is 12.3 Å². The van der Waals surface area contributed by atoms with Gasteiger partial charge in [-0.15, -0.1) is 0 Å². The summed E-state index contributed by atoms with van der Waals surface area (Å²) in [6.45, 7) is 5.20. The number of nitrogens with zero attached hydrogens (tertiary/aromatic N) is 1. The molecule has 0 aliphatic heterocycles. The molecule has 0 aliphatic rings. The highest BCUT2D eigenvalue weighted by Crippen LogP contribution is 2.10. The molecule has 1 unspecified atom stereocenters. The fraction of sp³-hybridized carbons (Fsp3) is 0.818. The minimum absolute atomic E-state index is 0.220. The second-order valence-corrected chi connectivity index (χ2v) is 3.91. The smallest absolute Gasteiger partial charge is 0.195 e. The first-order chi connectivity index (χ1) is 7.63. The lowest BCUT2D eigenvalue weighted by molar-refractivity contribution is 0.444. The Bertz CT molecular complexity index is 224. The number of nitrogens with one attached hydrogen (secondary N) is 3. The quantitative estimate of drug-likeness (QED) is 0.407. The molecular formula is C11H25N5. The Morgan fingerprint density at radius 1 is 1.44 bits per heavy atom. The number of rotatable bonds is 6. The Morgan fingerprint density at radius 2 is 2.12 bits per heavy atom. The van der Waals surface area contributed by atoms with Gasteiger partial charge in [-0.1, -0.05) is 33.1 Å². The van der Waals surface area contributed by atoms with Crippen LogP contribution in [0.1, 0.15) is 39.5 Å². The maximum atomic E-state index is 7.58. The van der Waals surface area contributed by atoms with Crippen LogP contribution >= 0.6 is 0 Å². The lowest BCUT2D eigenvalue weighted by Crippen LogP contribution is -2.45. The topological polar surface area (TPSA) is 86.3 Å². The zero-order valence-electron chi connectivity index (χ0n) is 10.6. The molecule has 0 aromatic rings. The molecular weight excluding hydrogens is 202 g/mol. The van der Waals surface area contributed by atoms with Crippen LogP contribution in [0, 0.1) is 11.3 Å². The highest BCUT2D eigenvalue weighted by atomic mass is 15.2. The first-order valence-electron chi connectivity index (χ1n) is 5.95. The number of unbranched alkanes of at least 4 members (excludes halogenated alkanes) is 1. The van der Waals surface area contributed by atoms with Gasteiger partial charge in [0.2, 0.25) is 0 Å². The summed E-state index contributed by atoms with van der Waals surface area (Å²) in [6.07, 6.45) is 4.82. The third-order valence-corrected chi connectivity index (χ3v) is 2.60. The molecule has 0 bridgehead atoms. The molecule has 0 aromatic carbocycles. The normalized spacial score (nSPS) is 13.3. The molecule has 1 atom stereocenters. The average Bonchev–Trinajstić information content (AvgIpc) is 2.29. The van der Waals surface area contributed by atoms with E-state index in [2.05, 4.69) is 29.5 Å². The molecule has 5 N–H and O–H groups in total. The Hall–Kier alpha value is -1.26. The van der Waals surface area contributed by atoms with Crippen LogP contribution in [0.4, 0.5) is 0 Å². The minimum Gasteiger partial charge on any atom is -0.370 e. The molecule has 0 saturated heterocycles. The van der Waals surface area contributed by atoms with Gasteiger partial charge in [-0.2, -0.15) is 0 Å². The predicted molar refractivity (Wildman–Crippen MR) is 69.7 cm³/mol. The summed E-state index contributed by atoms with van der Waals surface area (Å²) in [5, 5.41) is 13.3. The van der Waals surface area contributed by atoms with Crippen molar-refractivity contribution in [2.24, 2.45) is 16.6 Å². The van der Waals surface area contributed by atoms with Gasteiger partial charge in [-0.25, -0.2) is 0 Å². The van der Waals surface area contributed by atoms with E-state index in [-0.39, 0.29) is 11.9 Å². The number of hydrogen-bond acceptors (Lipinski definition) is 2. The SMILES string of the molecule is CCCCC(CC)CNC(=N)NC(N)=NC. The van der Waals surface area contributed by atoms with E-state index < -0.39 is 0 Å². The van der Waals surface area contributed by atoms with Crippen molar-refractivity contribution in [1.29, 1.82) is 5.41 Å². The summed E-state index contributed by atoms with van der Waals surface area (Å²) in [6, 6.07) is 0. The van der Waals surface area contributed by atoms with Crippen molar-refractivity contribution in [2.45, 2.75) is 39.5 Å². The van der Waals surface area contributed by atoms with Crippen molar-refractivity contribution in [1.82, 2.24) is 10.6 Å². The summed E-state index contributed by atoms with van der Waals surface area (Å²) in [7, 11) is 1.59. The van der Waals surface area contributed by atoms with Crippen LogP contribution in [-0.2, 0) is 0 Å². The fourth-order valence-corrected chi connectivity index (χ4v) is 1.42. The Kier molecular flexibility index (Phi) is 8.29. The Morgan fingerprint density at radius 3 is 2.62 bits per heavy atom. The minimum atomic E-state index is 0.220. The van der Waals surface area contributed by atoms with Gasteiger partial charge in [0.05, 0.1) is 0 Å². The highest BCUT2D eigenvalue weighted by Gasteiger charge is 2.06. The van der Waals surface area contributed by atoms with E-state index in [0.29, 0.717) is 5.92 Å². The summed E-state index contributed by atoms with van der Waals surface area (Å²) in [5.41, 5.74) is 5.45. The third-order valence-electron chi connectivity index (χ3n) is 2.60. The van der Waals surface area contributed by atoms with Crippen LogP contribution in [-0.4, -0.2) is 25.5 Å². The van der Waals surface area contributed by atoms with Gasteiger partial charge < -0.3 is 11.1 Å². The average molecular weight is 227 g/mol. The van der Waals surface area contributed by atoms with Gasteiger partial charge in [0, 0.05) is 13.6 Å². The molecule has 0 fully saturated rings. The van der Waals surface area contributed by atoms with E-state index in [4.69, 9.17) is 11.1 Å². The van der Waals surface area contributed by atoms with Crippen LogP contribution in [0.5, 0.6) is 0 Å². The van der Waals surface area contributed by atoms with Gasteiger partial charge in [0.1, 0.15) is 0 Å². The molecule has 0 aromatic heterocycles. The predicted octanol–water partition coefficient (Wildman–Crippen LogP) is 1.26. The number of nitrogens with two attached hydrogens (primary N) is 1. The van der Waals surface area contributed by atoms with Gasteiger partial charge in [0.25, 0.3) is 0 Å². The monoisotopic (exact) mass is 227 g/mol. The zero-order chi connectivity index (χ0) is 12.4. The second-order valence-electron chi connectivity index (χ2n) is 3.91. The lowest BCUT2D eigenvalue weighted by atomic mass is 9.99. The van der Waals surface area contributed by atoms with E-state index in [1.807, 2.05) is 0 Å². The van der Waals surface area contributed by atoms with E-state index in [0.717, 1.165) is 13.0 Å². The highest BCUT2D eigenvalue weighted by molar-refractivity contribution is 5.96. The molecule has 0 saturated carbocycles. The summed E-state index contributed by atoms with van der Waals surface area (Å²) < 4.78 is 0. The van der Waals surface area contributed by atoms with Crippen LogP contribution < -0.4 is 16.4 Å². The molecule has 0 rings (SSSR count). The molecule has 5 nitrogen and oxygen atoms in total. The van der Waals surface area contributed by atoms with Gasteiger partial charge in [0.15, 0.2) is 11.9 Å². The number of aliphatic imine (C=N–C) groups is 1. The van der Waals surface area contributed by atoms with Crippen molar-refractivity contribution in [3.8, 4) is 0 Å². The van der Waals surface area contributed by atoms with Crippen LogP contribution in [0.25, 0.3) is 0 Å². The summed E-state index contributed by atoms with van der Waals surface area (Å²) in [4.78, 5) is 3.73. The number of hydrogen-bond donors (Lipinski definition) is 4. The molecule has 16 heavy (non-hydrogen) atoms. The third kappa shape index (κ3) is 7.09. The van der Waals surface area contributed by atoms with Crippen LogP contribution in [0.15, 0.2) is 4.99 Å². The largest absolute Gasteiger partial charge is 0.370 e. The lowest BCUT2D eigenvalue weighted by Gasteiger charge is -2.16. The van der Waals surface area contributed by atoms with Crippen molar-refractivity contribution >= 4 is 11.9 Å². The maximum Gasteiger partial charge on any atom is 0.195 e. The van der Waals surface area contributed by atoms with Crippen molar-refractivity contribution in [2.75, 3.05) is 13.6 Å². The molecule has 0 heterocycles. The van der Waals surface area contributed by atoms with E-state index in [9.17, 15) is 0 Å².